The first-order valence-electron chi connectivity index (χ1n) is 6.37. The number of nitrogens with zero attached hydrogens (tertiary/aromatic N) is 2. The maximum atomic E-state index is 12.7. The molecule has 0 aliphatic carbocycles. The smallest absolute Gasteiger partial charge is 0.246 e. The van der Waals surface area contributed by atoms with Crippen molar-refractivity contribution in [3.8, 4) is 0 Å². The molecule has 1 aromatic rings. The van der Waals surface area contributed by atoms with Crippen LogP contribution in [0.3, 0.4) is 0 Å². The van der Waals surface area contributed by atoms with Crippen molar-refractivity contribution in [2.45, 2.75) is 51.0 Å². The quantitative estimate of drug-likeness (QED) is 0.899. The number of carbonyl (C=O) groups is 1. The van der Waals surface area contributed by atoms with E-state index in [-0.39, 0.29) is 23.1 Å². The van der Waals surface area contributed by atoms with Gasteiger partial charge in [0.25, 0.3) is 0 Å². The normalized spacial score (nSPS) is 20.9. The van der Waals surface area contributed by atoms with Crippen molar-refractivity contribution in [2.75, 3.05) is 6.54 Å². The molecule has 1 aromatic heterocycles. The van der Waals surface area contributed by atoms with Crippen molar-refractivity contribution in [1.82, 2.24) is 14.5 Å². The second-order valence-electron chi connectivity index (χ2n) is 5.08. The Balaban J connectivity index is 2.37. The number of nitrogens with one attached hydrogen (secondary N) is 1. The number of ketones is 1. The van der Waals surface area contributed by atoms with Gasteiger partial charge in [0.2, 0.25) is 10.0 Å². The zero-order valence-corrected chi connectivity index (χ0v) is 12.2. The third-order valence-electron chi connectivity index (χ3n) is 3.47. The molecular weight excluding hydrogens is 266 g/mol. The maximum absolute atomic E-state index is 12.7. The molecule has 2 heterocycles. The van der Waals surface area contributed by atoms with Crippen molar-refractivity contribution >= 4 is 15.8 Å². The van der Waals surface area contributed by atoms with Crippen molar-refractivity contribution in [3.63, 3.8) is 0 Å². The largest absolute Gasteiger partial charge is 0.300 e. The Morgan fingerprint density at radius 2 is 2.16 bits per heavy atom. The molecule has 1 saturated heterocycles. The average molecular weight is 285 g/mol. The van der Waals surface area contributed by atoms with Crippen molar-refractivity contribution in [1.29, 1.82) is 0 Å². The lowest BCUT2D eigenvalue weighted by atomic mass is 10.1. The standard InChI is InChI=1S/C12H19N3O3S/c1-8(16)7-11-5-4-6-15(11)19(17,18)12-9(2)13-14-10(12)3/h11H,4-7H2,1-3H3,(H,13,14). The summed E-state index contributed by atoms with van der Waals surface area (Å²) >= 11 is 0. The molecule has 0 saturated carbocycles. The summed E-state index contributed by atoms with van der Waals surface area (Å²) in [6.07, 6.45) is 1.83. The van der Waals surface area contributed by atoms with Gasteiger partial charge in [-0.2, -0.15) is 9.40 Å². The topological polar surface area (TPSA) is 83.1 Å². The first-order chi connectivity index (χ1) is 8.84. The Hall–Kier alpha value is -1.21. The second-order valence-corrected chi connectivity index (χ2v) is 6.91. The monoisotopic (exact) mass is 285 g/mol. The van der Waals surface area contributed by atoms with E-state index < -0.39 is 10.0 Å². The van der Waals surface area contributed by atoms with Crippen LogP contribution >= 0.6 is 0 Å². The Kier molecular flexibility index (Phi) is 3.78. The molecule has 1 fully saturated rings. The fourth-order valence-electron chi connectivity index (χ4n) is 2.70. The van der Waals surface area contributed by atoms with Gasteiger partial charge in [-0.25, -0.2) is 8.42 Å². The third kappa shape index (κ3) is 2.57. The van der Waals surface area contributed by atoms with Gasteiger partial charge in [0.1, 0.15) is 10.7 Å². The number of sulfonamides is 1. The number of H-pyrrole nitrogens is 1. The van der Waals surface area contributed by atoms with E-state index in [1.807, 2.05) is 0 Å². The number of hydrogen-bond donors (Lipinski definition) is 1. The molecule has 6 nitrogen and oxygen atoms in total. The van der Waals surface area contributed by atoms with Crippen LogP contribution in [0.1, 0.15) is 37.6 Å². The van der Waals surface area contributed by atoms with Gasteiger partial charge in [-0.1, -0.05) is 0 Å². The van der Waals surface area contributed by atoms with Crippen LogP contribution in [0.25, 0.3) is 0 Å². The summed E-state index contributed by atoms with van der Waals surface area (Å²) in [5.41, 5.74) is 1.02. The predicted molar refractivity (Wildman–Crippen MR) is 70.3 cm³/mol. The summed E-state index contributed by atoms with van der Waals surface area (Å²) in [6.45, 7) is 5.34. The van der Waals surface area contributed by atoms with Crippen molar-refractivity contribution in [3.05, 3.63) is 11.4 Å². The summed E-state index contributed by atoms with van der Waals surface area (Å²) in [5, 5.41) is 6.64. The SMILES string of the molecule is CC(=O)CC1CCCN1S(=O)(=O)c1c(C)n[nH]c1C. The predicted octanol–water partition coefficient (Wildman–Crippen LogP) is 1.16. The summed E-state index contributed by atoms with van der Waals surface area (Å²) < 4.78 is 26.8. The molecule has 2 rings (SSSR count). The highest BCUT2D eigenvalue weighted by atomic mass is 32.2. The molecule has 0 aromatic carbocycles. The van der Waals surface area contributed by atoms with Crippen LogP contribution in [0.2, 0.25) is 0 Å². The van der Waals surface area contributed by atoms with E-state index in [0.717, 1.165) is 12.8 Å². The van der Waals surface area contributed by atoms with Gasteiger partial charge < -0.3 is 0 Å². The zero-order valence-electron chi connectivity index (χ0n) is 11.4. The minimum Gasteiger partial charge on any atom is -0.300 e. The summed E-state index contributed by atoms with van der Waals surface area (Å²) in [5.74, 6) is 0.0211. The van der Waals surface area contributed by atoms with Crippen LogP contribution in [0.15, 0.2) is 4.90 Å². The molecule has 0 amide bonds. The van der Waals surface area contributed by atoms with Crippen molar-refractivity contribution < 1.29 is 13.2 Å². The van der Waals surface area contributed by atoms with Crippen LogP contribution in [0.4, 0.5) is 0 Å². The fourth-order valence-corrected chi connectivity index (χ4v) is 4.73. The van der Waals surface area contributed by atoms with Gasteiger partial charge in [-0.05, 0) is 33.6 Å². The molecule has 1 atom stereocenters. The highest BCUT2D eigenvalue weighted by molar-refractivity contribution is 7.89. The van der Waals surface area contributed by atoms with Gasteiger partial charge in [0, 0.05) is 19.0 Å². The molecule has 106 valence electrons. The van der Waals surface area contributed by atoms with Gasteiger partial charge in [-0.15, -0.1) is 0 Å². The van der Waals surface area contributed by atoms with E-state index in [1.54, 1.807) is 13.8 Å². The Bertz CT molecular complexity index is 572. The molecule has 0 spiro atoms. The molecule has 1 aliphatic heterocycles. The van der Waals surface area contributed by atoms with Gasteiger partial charge in [0.05, 0.1) is 11.4 Å². The van der Waals surface area contributed by atoms with Crippen LogP contribution in [0.5, 0.6) is 0 Å². The van der Waals surface area contributed by atoms with Crippen LogP contribution in [-0.2, 0) is 14.8 Å². The molecule has 0 radical (unpaired) electrons. The van der Waals surface area contributed by atoms with E-state index in [4.69, 9.17) is 0 Å². The Labute approximate surface area is 113 Å². The minimum atomic E-state index is -3.56. The Morgan fingerprint density at radius 3 is 2.68 bits per heavy atom. The molecule has 1 unspecified atom stereocenters. The lowest BCUT2D eigenvalue weighted by Gasteiger charge is -2.23. The number of aryl methyl sites for hydroxylation is 2. The first-order valence-corrected chi connectivity index (χ1v) is 7.81. The number of Topliss-reactive ketones (excluding diaryl/α,β-unsaturated/α-hetero) is 1. The van der Waals surface area contributed by atoms with E-state index in [2.05, 4.69) is 10.2 Å². The van der Waals surface area contributed by atoms with Crippen LogP contribution in [-0.4, -0.2) is 41.3 Å². The van der Waals surface area contributed by atoms with Crippen molar-refractivity contribution in [2.24, 2.45) is 0 Å². The average Bonchev–Trinajstić information content (AvgIpc) is 2.85. The fraction of sp³-hybridized carbons (Fsp3) is 0.667. The van der Waals surface area contributed by atoms with Gasteiger partial charge in [0.15, 0.2) is 0 Å². The summed E-state index contributed by atoms with van der Waals surface area (Å²) in [4.78, 5) is 11.5. The molecule has 1 N–H and O–H groups in total. The number of hydrogen-bond acceptors (Lipinski definition) is 4. The van der Waals surface area contributed by atoms with E-state index in [9.17, 15) is 13.2 Å². The number of aromatic nitrogens is 2. The number of rotatable bonds is 4. The minimum absolute atomic E-state index is 0.0211. The highest BCUT2D eigenvalue weighted by Crippen LogP contribution is 2.30. The van der Waals surface area contributed by atoms with Gasteiger partial charge in [-0.3, -0.25) is 9.89 Å². The van der Waals surface area contributed by atoms with E-state index >= 15 is 0 Å². The molecular formula is C12H19N3O3S. The lowest BCUT2D eigenvalue weighted by Crippen LogP contribution is -2.37. The van der Waals surface area contributed by atoms with Crippen LogP contribution < -0.4 is 0 Å². The first kappa shape index (κ1) is 14.2. The molecule has 0 bridgehead atoms. The number of carbonyl (C=O) groups excluding carboxylic acids is 1. The summed E-state index contributed by atoms with van der Waals surface area (Å²) in [6, 6.07) is -0.212. The maximum Gasteiger partial charge on any atom is 0.246 e. The number of aromatic amines is 1. The molecule has 1 aliphatic rings. The van der Waals surface area contributed by atoms with Crippen LogP contribution in [0, 0.1) is 13.8 Å². The Morgan fingerprint density at radius 1 is 1.47 bits per heavy atom. The third-order valence-corrected chi connectivity index (χ3v) is 5.69. The molecule has 19 heavy (non-hydrogen) atoms. The molecule has 7 heteroatoms. The highest BCUT2D eigenvalue weighted by Gasteiger charge is 2.38. The zero-order chi connectivity index (χ0) is 14.2. The summed E-state index contributed by atoms with van der Waals surface area (Å²) in [7, 11) is -3.56. The van der Waals surface area contributed by atoms with Gasteiger partial charge >= 0.3 is 0 Å². The lowest BCUT2D eigenvalue weighted by molar-refractivity contribution is -0.117. The van der Waals surface area contributed by atoms with E-state index in [1.165, 1.54) is 11.2 Å². The second kappa shape index (κ2) is 5.05. The van der Waals surface area contributed by atoms with E-state index in [0.29, 0.717) is 17.9 Å².